The summed E-state index contributed by atoms with van der Waals surface area (Å²) >= 11 is 1.94. The number of hydrogen-bond donors (Lipinski definition) is 1. The number of nitrogens with zero attached hydrogens (tertiary/aromatic N) is 4. The predicted molar refractivity (Wildman–Crippen MR) is 97.2 cm³/mol. The van der Waals surface area contributed by atoms with Gasteiger partial charge in [0.2, 0.25) is 0 Å². The molecule has 3 atom stereocenters. The van der Waals surface area contributed by atoms with Crippen LogP contribution in [0.3, 0.4) is 0 Å². The van der Waals surface area contributed by atoms with Crippen LogP contribution in [0, 0.1) is 5.92 Å². The second kappa shape index (κ2) is 7.01. The van der Waals surface area contributed by atoms with Gasteiger partial charge in [-0.25, -0.2) is 4.79 Å². The third kappa shape index (κ3) is 3.50. The number of nitrogens with one attached hydrogen (secondary N) is 1. The van der Waals surface area contributed by atoms with Crippen LogP contribution in [0.4, 0.5) is 4.79 Å². The maximum absolute atomic E-state index is 12.8. The largest absolute Gasteiger partial charge is 0.328 e. The monoisotopic (exact) mass is 347 g/mol. The van der Waals surface area contributed by atoms with E-state index >= 15 is 0 Å². The maximum Gasteiger partial charge on any atom is 0.318 e. The lowest BCUT2D eigenvalue weighted by molar-refractivity contribution is 0.188. The highest BCUT2D eigenvalue weighted by atomic mass is 32.2. The van der Waals surface area contributed by atoms with Crippen molar-refractivity contribution in [3.05, 3.63) is 30.2 Å². The Morgan fingerprint density at radius 3 is 2.62 bits per heavy atom. The number of fused-ring (bicyclic) bond motifs is 1. The van der Waals surface area contributed by atoms with Crippen LogP contribution in [-0.2, 0) is 0 Å². The predicted octanol–water partition coefficient (Wildman–Crippen LogP) is 2.96. The Bertz CT molecular complexity index is 706. The molecule has 0 aromatic carbocycles. The van der Waals surface area contributed by atoms with Crippen LogP contribution in [0.5, 0.6) is 0 Å². The molecular weight excluding hydrogens is 322 g/mol. The van der Waals surface area contributed by atoms with Gasteiger partial charge in [-0.1, -0.05) is 33.8 Å². The number of rotatable bonds is 3. The van der Waals surface area contributed by atoms with Crippen molar-refractivity contribution in [3.63, 3.8) is 0 Å². The summed E-state index contributed by atoms with van der Waals surface area (Å²) in [5.74, 6) is 0.997. The summed E-state index contributed by atoms with van der Waals surface area (Å²) in [5.41, 5.74) is 0.795. The molecule has 0 unspecified atom stereocenters. The number of thioether (sulfide) groups is 1. The van der Waals surface area contributed by atoms with Gasteiger partial charge < -0.3 is 10.2 Å². The molecule has 1 N–H and O–H groups in total. The van der Waals surface area contributed by atoms with Gasteiger partial charge in [-0.05, 0) is 18.1 Å². The molecule has 0 saturated carbocycles. The second-order valence-corrected chi connectivity index (χ2v) is 8.70. The van der Waals surface area contributed by atoms with Crippen LogP contribution in [0.25, 0.3) is 5.65 Å². The molecule has 0 radical (unpaired) electrons. The molecule has 24 heavy (non-hydrogen) atoms. The molecule has 1 saturated heterocycles. The summed E-state index contributed by atoms with van der Waals surface area (Å²) in [7, 11) is 0. The highest BCUT2D eigenvalue weighted by molar-refractivity contribution is 8.00. The third-order valence-corrected chi connectivity index (χ3v) is 5.50. The average Bonchev–Trinajstić information content (AvgIpc) is 2.95. The van der Waals surface area contributed by atoms with E-state index in [2.05, 4.69) is 43.2 Å². The van der Waals surface area contributed by atoms with E-state index in [9.17, 15) is 4.79 Å². The zero-order valence-corrected chi connectivity index (χ0v) is 15.5. The van der Waals surface area contributed by atoms with Crippen molar-refractivity contribution >= 4 is 23.4 Å². The molecule has 2 aromatic heterocycles. The molecule has 1 aliphatic rings. The van der Waals surface area contributed by atoms with Gasteiger partial charge in [0, 0.05) is 29.8 Å². The van der Waals surface area contributed by atoms with Crippen molar-refractivity contribution in [1.82, 2.24) is 24.8 Å². The zero-order chi connectivity index (χ0) is 17.3. The number of aromatic nitrogens is 3. The van der Waals surface area contributed by atoms with Gasteiger partial charge in [0.25, 0.3) is 0 Å². The topological polar surface area (TPSA) is 62.5 Å². The summed E-state index contributed by atoms with van der Waals surface area (Å²) in [6.45, 7) is 10.1. The molecule has 3 rings (SSSR count). The summed E-state index contributed by atoms with van der Waals surface area (Å²) < 4.78 is 1.95. The van der Waals surface area contributed by atoms with Gasteiger partial charge in [-0.3, -0.25) is 4.40 Å². The normalized spacial score (nSPS) is 22.8. The number of amides is 2. The van der Waals surface area contributed by atoms with Gasteiger partial charge in [0.15, 0.2) is 11.5 Å². The van der Waals surface area contributed by atoms with Crippen LogP contribution in [0.15, 0.2) is 24.4 Å². The molecule has 2 amide bonds. The van der Waals surface area contributed by atoms with Crippen molar-refractivity contribution in [2.45, 2.75) is 44.2 Å². The Balaban J connectivity index is 1.80. The highest BCUT2D eigenvalue weighted by Crippen LogP contribution is 2.26. The molecule has 2 aromatic rings. The van der Waals surface area contributed by atoms with Crippen LogP contribution >= 0.6 is 11.8 Å². The number of hydrogen-bond acceptors (Lipinski definition) is 4. The fourth-order valence-corrected chi connectivity index (χ4v) is 4.49. The fourth-order valence-electron chi connectivity index (χ4n) is 3.17. The van der Waals surface area contributed by atoms with Crippen molar-refractivity contribution < 1.29 is 4.79 Å². The lowest BCUT2D eigenvalue weighted by Gasteiger charge is -2.35. The Morgan fingerprint density at radius 1 is 1.25 bits per heavy atom. The van der Waals surface area contributed by atoms with Crippen molar-refractivity contribution in [2.75, 3.05) is 13.1 Å². The van der Waals surface area contributed by atoms with Crippen LogP contribution in [0.2, 0.25) is 0 Å². The van der Waals surface area contributed by atoms with Crippen molar-refractivity contribution in [2.24, 2.45) is 5.92 Å². The number of carbonyl (C=O) groups excluding carboxylic acids is 1. The first-order valence-corrected chi connectivity index (χ1v) is 9.40. The minimum atomic E-state index is -0.171. The Labute approximate surface area is 147 Å². The van der Waals surface area contributed by atoms with Crippen molar-refractivity contribution in [3.8, 4) is 0 Å². The quantitative estimate of drug-likeness (QED) is 0.927. The van der Waals surface area contributed by atoms with Crippen LogP contribution in [0.1, 0.15) is 39.6 Å². The van der Waals surface area contributed by atoms with Gasteiger partial charge in [-0.15, -0.1) is 10.2 Å². The smallest absolute Gasteiger partial charge is 0.318 e. The van der Waals surface area contributed by atoms with Crippen LogP contribution in [-0.4, -0.2) is 49.1 Å². The minimum absolute atomic E-state index is 0.0135. The molecule has 7 heteroatoms. The van der Waals surface area contributed by atoms with E-state index in [-0.39, 0.29) is 18.0 Å². The highest BCUT2D eigenvalue weighted by Gasteiger charge is 2.29. The van der Waals surface area contributed by atoms with Gasteiger partial charge in [0.05, 0.1) is 6.04 Å². The number of urea groups is 1. The van der Waals surface area contributed by atoms with Gasteiger partial charge in [-0.2, -0.15) is 11.8 Å². The molecule has 0 bridgehead atoms. The van der Waals surface area contributed by atoms with Gasteiger partial charge >= 0.3 is 6.03 Å². The number of carbonyl (C=O) groups is 1. The lowest BCUT2D eigenvalue weighted by Crippen LogP contribution is -2.50. The summed E-state index contributed by atoms with van der Waals surface area (Å²) in [6, 6.07) is 5.62. The SMILES string of the molecule is CC(C)[C@H](NC(=O)N1C[C@@H](C)S[C@H](C)C1)c1nnc2ccccn12. The summed E-state index contributed by atoms with van der Waals surface area (Å²) in [5, 5.41) is 12.6. The van der Waals surface area contributed by atoms with E-state index in [0.29, 0.717) is 10.5 Å². The third-order valence-electron chi connectivity index (χ3n) is 4.27. The summed E-state index contributed by atoms with van der Waals surface area (Å²) in [6.07, 6.45) is 1.94. The number of pyridine rings is 1. The second-order valence-electron chi connectivity index (χ2n) is 6.82. The fraction of sp³-hybridized carbons (Fsp3) is 0.588. The Kier molecular flexibility index (Phi) is 4.99. The standard InChI is InChI=1S/C17H25N5OS/c1-11(2)15(16-20-19-14-7-5-6-8-22(14)16)18-17(23)21-9-12(3)24-13(4)10-21/h5-8,11-13,15H,9-10H2,1-4H3,(H,18,23)/t12-,13-,15+/m1/s1. The molecule has 0 aliphatic carbocycles. The van der Waals surface area contributed by atoms with E-state index in [1.165, 1.54) is 0 Å². The molecule has 6 nitrogen and oxygen atoms in total. The molecule has 3 heterocycles. The van der Waals surface area contributed by atoms with E-state index in [0.717, 1.165) is 24.6 Å². The Hall–Kier alpha value is -1.76. The molecule has 0 spiro atoms. The average molecular weight is 347 g/mol. The van der Waals surface area contributed by atoms with Gasteiger partial charge in [0.1, 0.15) is 0 Å². The molecule has 1 fully saturated rings. The molecule has 1 aliphatic heterocycles. The first kappa shape index (κ1) is 17.1. The van der Waals surface area contributed by atoms with Crippen molar-refractivity contribution in [1.29, 1.82) is 0 Å². The lowest BCUT2D eigenvalue weighted by atomic mass is 10.0. The minimum Gasteiger partial charge on any atom is -0.328 e. The van der Waals surface area contributed by atoms with Crippen LogP contribution < -0.4 is 5.32 Å². The maximum atomic E-state index is 12.8. The van der Waals surface area contributed by atoms with E-state index in [4.69, 9.17) is 0 Å². The molecule has 130 valence electrons. The first-order valence-electron chi connectivity index (χ1n) is 8.46. The van der Waals surface area contributed by atoms with E-state index in [1.807, 2.05) is 45.5 Å². The molecular formula is C17H25N5OS. The van der Waals surface area contributed by atoms with E-state index in [1.54, 1.807) is 0 Å². The zero-order valence-electron chi connectivity index (χ0n) is 14.6. The first-order chi connectivity index (χ1) is 11.5. The summed E-state index contributed by atoms with van der Waals surface area (Å²) in [4.78, 5) is 14.7. The Morgan fingerprint density at radius 2 is 1.96 bits per heavy atom. The van der Waals surface area contributed by atoms with E-state index < -0.39 is 0 Å².